The monoisotopic (exact) mass is 2230 g/mol. The summed E-state index contributed by atoms with van der Waals surface area (Å²) >= 11 is 45.4. The van der Waals surface area contributed by atoms with Gasteiger partial charge in [-0.25, -0.2) is 14.4 Å². The molecule has 119 heavy (non-hydrogen) atoms. The Morgan fingerprint density at radius 2 is 0.966 bits per heavy atom. The zero-order chi connectivity index (χ0) is 91.8. The van der Waals surface area contributed by atoms with E-state index >= 15 is 0 Å². The zero-order valence-corrected chi connectivity index (χ0v) is 89.7. The number of aryl methyl sites for hydroxylation is 5. The Balaban J connectivity index is -0.000000195. The van der Waals surface area contributed by atoms with E-state index in [4.69, 9.17) is 29.7 Å². The van der Waals surface area contributed by atoms with Crippen LogP contribution in [-0.2, 0) is 203 Å². The molecule has 8 aromatic heterocycles. The van der Waals surface area contributed by atoms with E-state index in [1.54, 1.807) is 66.5 Å². The van der Waals surface area contributed by atoms with Crippen molar-refractivity contribution in [1.29, 1.82) is 5.26 Å². The number of rotatable bonds is 12. The molecule has 654 valence electrons. The van der Waals surface area contributed by atoms with Crippen molar-refractivity contribution < 1.29 is 93.2 Å². The Kier molecular flexibility index (Phi) is 83.3. The molecule has 0 saturated carbocycles. The van der Waals surface area contributed by atoms with Gasteiger partial charge >= 0.3 is 39.2 Å². The molecule has 0 spiro atoms. The number of halogens is 5. The number of hydrogen-bond acceptors (Lipinski definition) is 24. The predicted octanol–water partition coefficient (Wildman–Crippen LogP) is 13.0. The average molecular weight is 2240 g/mol. The lowest BCUT2D eigenvalue weighted by Crippen LogP contribution is -3.00. The maximum absolute atomic E-state index is 12.2. The van der Waals surface area contributed by atoms with Crippen molar-refractivity contribution in [2.45, 2.75) is 175 Å². The zero-order valence-electron chi connectivity index (χ0n) is 69.3. The van der Waals surface area contributed by atoms with Gasteiger partial charge in [-0.1, -0.05) is 15.9 Å². The number of hydrogen-bond donors (Lipinski definition) is 0. The molecular formula is C76H98BBr5N8O14S15. The molecule has 0 aliphatic carbocycles. The first-order valence-corrected chi connectivity index (χ1v) is 50.8. The molecule has 0 fully saturated rings. The molecule has 0 N–H and O–H groups in total. The van der Waals surface area contributed by atoms with E-state index in [2.05, 4.69) is 174 Å². The fourth-order valence-electron chi connectivity index (χ4n) is 7.92. The minimum absolute atomic E-state index is 0. The van der Waals surface area contributed by atoms with Gasteiger partial charge in [-0.05, 0) is 232 Å². The molecule has 0 unspecified atom stereocenters. The highest BCUT2D eigenvalue weighted by Crippen LogP contribution is 2.23. The Labute approximate surface area is 807 Å². The summed E-state index contributed by atoms with van der Waals surface area (Å²) in [6.45, 7) is 38.3. The molecule has 0 saturated heterocycles. The minimum Gasteiger partial charge on any atom is -1.00 e. The molecular weight excluding hydrogens is 2140 g/mol. The lowest BCUT2D eigenvalue weighted by molar-refractivity contribution is -0.686. The van der Waals surface area contributed by atoms with Crippen LogP contribution in [0.5, 0.6) is 0 Å². The Morgan fingerprint density at radius 1 is 0.588 bits per heavy atom. The Bertz CT molecular complexity index is 4850. The number of nitriles is 1. The van der Waals surface area contributed by atoms with E-state index in [9.17, 15) is 43.2 Å². The quantitative estimate of drug-likeness (QED) is 0.00938. The molecule has 0 amide bonds. The highest BCUT2D eigenvalue weighted by atomic mass is 79.9. The number of aromatic nitrogens is 5. The fourth-order valence-corrected chi connectivity index (χ4v) is 10.8. The molecule has 0 aliphatic rings. The second-order valence-corrected chi connectivity index (χ2v) is 42.9. The van der Waals surface area contributed by atoms with E-state index in [-0.39, 0.29) is 98.6 Å². The van der Waals surface area contributed by atoms with E-state index in [1.807, 2.05) is 209 Å². The first kappa shape index (κ1) is 129. The number of Topliss-reactive ketones (excluding diaryl/α,β-unsaturated/α-hetero) is 4. The molecule has 0 aliphatic heterocycles. The number of carbonyl (C=O) groups is 9. The highest BCUT2D eigenvalue weighted by molar-refractivity contribution is 9.69. The topological polar surface area (TPSA) is 290 Å². The fraction of sp³-hybridized carbons (Fsp3) is 0.382. The summed E-state index contributed by atoms with van der Waals surface area (Å²) in [6.07, 6.45) is 20.3. The smallest absolute Gasteiger partial charge is 0.413 e. The van der Waals surface area contributed by atoms with E-state index in [0.29, 0.717) is 36.2 Å². The summed E-state index contributed by atoms with van der Waals surface area (Å²) in [5.41, 5.74) is 17.8. The number of pyridine rings is 5. The maximum atomic E-state index is 12.2. The van der Waals surface area contributed by atoms with Crippen LogP contribution in [0.4, 0.5) is 0 Å². The van der Waals surface area contributed by atoms with Crippen molar-refractivity contribution in [2.75, 3.05) is 18.5 Å². The van der Waals surface area contributed by atoms with Crippen LogP contribution in [-0.4, -0.2) is 121 Å². The van der Waals surface area contributed by atoms with Crippen LogP contribution < -0.4 is 21.5 Å². The molecule has 0 atom stereocenters. The van der Waals surface area contributed by atoms with Crippen molar-refractivity contribution in [3.8, 4) is 18.4 Å². The Morgan fingerprint density at radius 3 is 1.31 bits per heavy atom. The largest absolute Gasteiger partial charge is 1.00 e. The third-order valence-electron chi connectivity index (χ3n) is 12.0. The lowest BCUT2D eigenvalue weighted by Gasteiger charge is -2.19. The summed E-state index contributed by atoms with van der Waals surface area (Å²) < 4.78 is 32.4. The van der Waals surface area contributed by atoms with Gasteiger partial charge in [0.2, 0.25) is 12.3 Å². The van der Waals surface area contributed by atoms with Gasteiger partial charge in [-0.15, -0.1) is 53.7 Å². The average Bonchev–Trinajstić information content (AvgIpc) is 1.64. The van der Waals surface area contributed by atoms with Crippen molar-refractivity contribution in [1.82, 2.24) is 18.2 Å². The Hall–Kier alpha value is -5.07. The van der Waals surface area contributed by atoms with Gasteiger partial charge in [-0.3, -0.25) is 33.8 Å². The molecule has 43 heteroatoms. The molecule has 0 bridgehead atoms. The van der Waals surface area contributed by atoms with E-state index < -0.39 is 23.1 Å². The van der Waals surface area contributed by atoms with Gasteiger partial charge in [0, 0.05) is 228 Å². The third kappa shape index (κ3) is 71.0. The van der Waals surface area contributed by atoms with Crippen LogP contribution in [0.25, 0.3) is 22.1 Å². The molecule has 8 heterocycles. The maximum Gasteiger partial charge on any atom is 0.413 e. The van der Waals surface area contributed by atoms with Gasteiger partial charge < -0.3 is 59.4 Å². The molecule has 0 aromatic carbocycles. The van der Waals surface area contributed by atoms with Gasteiger partial charge in [-0.2, -0.15) is 28.1 Å². The highest BCUT2D eigenvalue weighted by Gasteiger charge is 2.24. The number of terminal acetylenes is 1. The van der Waals surface area contributed by atoms with E-state index in [0.717, 1.165) is 47.8 Å². The van der Waals surface area contributed by atoms with Gasteiger partial charge in [0.1, 0.15) is 27.8 Å². The second-order valence-electron chi connectivity index (χ2n) is 25.2. The number of fused-ring (bicyclic) bond motifs is 3. The van der Waals surface area contributed by atoms with Crippen molar-refractivity contribution in [2.24, 2.45) is 0 Å². The van der Waals surface area contributed by atoms with Crippen molar-refractivity contribution in [3.63, 3.8) is 0 Å². The summed E-state index contributed by atoms with van der Waals surface area (Å²) in [5.74, 6) is -0.0468. The SMILES string of the molecule is BrB(Br)Br.C#CC(C)=O.CC#N.CC(=O)c1cc(C(=O)OC(C)(C)C)n2ccc(C)cc12.CC(=O)c1ccn2ccc(C)cc12.CC(C)(C)OC(=O)CBr.CCOC(=O)C=[N+]=[N-].CCOC(=O)Cc1cc(C(C)=O)c2cc(C)ccn12.Cc1cc[n+](CC(=O)OC(C)(C)C)cc1.Cc1ccncc1.S.S=S.S=S=S.S=S=S=S.S=S=S=S=S.[Br-]. The number of nitrogens with zero attached hydrogens (tertiary/aromatic N) is 8. The predicted molar refractivity (Wildman–Crippen MR) is 531 cm³/mol. The third-order valence-corrected chi connectivity index (χ3v) is 19.2. The molecule has 0 radical (unpaired) electrons. The molecule has 8 aromatic rings. The normalized spacial score (nSPS) is 9.13. The molecule has 8 rings (SSSR count). The van der Waals surface area contributed by atoms with Gasteiger partial charge in [0.05, 0.1) is 42.3 Å². The minimum atomic E-state index is -0.630. The van der Waals surface area contributed by atoms with Crippen LogP contribution in [0.1, 0.15) is 186 Å². The first-order valence-electron chi connectivity index (χ1n) is 33.6. The number of alkyl halides is 1. The number of esters is 5. The number of carbonyl (C=O) groups excluding carboxylic acids is 9. The van der Waals surface area contributed by atoms with Gasteiger partial charge in [0.15, 0.2) is 29.7 Å². The molecule has 22 nitrogen and oxygen atoms in total. The first-order chi connectivity index (χ1) is 54.6. The summed E-state index contributed by atoms with van der Waals surface area (Å²) in [4.78, 5) is 106. The number of ketones is 4. The number of ether oxygens (including phenoxy) is 5. The van der Waals surface area contributed by atoms with Gasteiger partial charge in [0.25, 0.3) is 0 Å². The van der Waals surface area contributed by atoms with Crippen LogP contribution in [0.15, 0.2) is 128 Å². The second kappa shape index (κ2) is 76.6. The standard InChI is InChI=1S/C16H19NO3.C15H17NO3.C12H18NO2.C11H11NO.C6H11BrO2.C6H7N.C4H6N2O2.C4H4O.C2H3N.BBr3.BrH.S5.S4.S3.S2.H2S/c1-10-6-7-17-13(8-10)12(11(2)18)9-14(17)15(19)20-16(3,4)5;1-4-19-15(18)9-12-8-13(11(3)17)14-7-10(2)5-6-16(12)14;1-10-5-7-13(8-6-10)9-11(14)15-12(2,3)4;1-8-3-5-12-6-4-10(9(2)13)11(12)7-8;1-6(2,3)9-5(8)4-7;1-6-2-4-7-5-3-6;1-2-8-4(7)3-6-5;1-3-4(2)5;1-2-3;2-1(3)4;;1-3-5-4-2;1-3-4-2;1-3-2;1-2;/h6-9H,1-5H3;5-8H,4,9H2,1-3H3;5-8H,9H2,1-4H3;3-7H,1-2H3;4H2,1-3H3;2-5H,1H3;3H,2H2,1H3;1H,2H3;1H3;;1H;;;;;1H2/q;;+1;;;;;;;;;;;;;/p-1. The lowest BCUT2D eigenvalue weighted by atomic mass is 10.1. The summed E-state index contributed by atoms with van der Waals surface area (Å²) in [6, 6.07) is 26.6. The van der Waals surface area contributed by atoms with Crippen LogP contribution in [0, 0.1) is 58.3 Å². The van der Waals surface area contributed by atoms with Crippen LogP contribution in [0.3, 0.4) is 0 Å². The van der Waals surface area contributed by atoms with Crippen molar-refractivity contribution in [3.05, 3.63) is 190 Å². The van der Waals surface area contributed by atoms with Crippen LogP contribution >= 0.6 is 76.7 Å². The van der Waals surface area contributed by atoms with Crippen LogP contribution in [0.2, 0.25) is 0 Å². The van der Waals surface area contributed by atoms with E-state index in [1.165, 1.54) is 88.8 Å². The summed E-state index contributed by atoms with van der Waals surface area (Å²) in [7, 11) is 7.21. The van der Waals surface area contributed by atoms with Crippen molar-refractivity contribution >= 4 is 298 Å². The summed E-state index contributed by atoms with van der Waals surface area (Å²) in [5, 5.41) is 7.59.